The quantitative estimate of drug-likeness (QED) is 0.802. The highest BCUT2D eigenvalue weighted by molar-refractivity contribution is 5.96. The smallest absolute Gasteiger partial charge is 0.416 e. The molecule has 2 heterocycles. The third kappa shape index (κ3) is 3.08. The molecule has 2 aromatic rings. The second kappa shape index (κ2) is 5.85. The number of rotatable bonds is 1. The second-order valence-electron chi connectivity index (χ2n) is 5.66. The van der Waals surface area contributed by atoms with Gasteiger partial charge in [0.15, 0.2) is 5.76 Å². The number of fused-ring (bicyclic) bond motifs is 1. The van der Waals surface area contributed by atoms with E-state index in [0.717, 1.165) is 12.1 Å². The van der Waals surface area contributed by atoms with E-state index in [1.54, 1.807) is 4.90 Å². The first-order chi connectivity index (χ1) is 11.3. The zero-order valence-electron chi connectivity index (χ0n) is 12.9. The molecule has 3 rings (SSSR count). The van der Waals surface area contributed by atoms with Crippen molar-refractivity contribution in [3.05, 3.63) is 35.6 Å². The van der Waals surface area contributed by atoms with Crippen LogP contribution in [0.1, 0.15) is 23.0 Å². The lowest BCUT2D eigenvalue weighted by atomic mass is 10.1. The van der Waals surface area contributed by atoms with Gasteiger partial charge in [-0.3, -0.25) is 9.59 Å². The zero-order chi connectivity index (χ0) is 17.5. The van der Waals surface area contributed by atoms with E-state index in [1.165, 1.54) is 24.0 Å². The second-order valence-corrected chi connectivity index (χ2v) is 5.66. The summed E-state index contributed by atoms with van der Waals surface area (Å²) in [7, 11) is 0. The third-order valence-electron chi connectivity index (χ3n) is 4.07. The first-order valence-electron chi connectivity index (χ1n) is 7.41. The van der Waals surface area contributed by atoms with Crippen molar-refractivity contribution in [1.82, 2.24) is 9.80 Å². The van der Waals surface area contributed by atoms with Crippen LogP contribution in [0, 0.1) is 0 Å². The van der Waals surface area contributed by atoms with Crippen molar-refractivity contribution < 1.29 is 27.2 Å². The van der Waals surface area contributed by atoms with Gasteiger partial charge in [-0.2, -0.15) is 13.2 Å². The minimum Gasteiger partial charge on any atom is -0.451 e. The molecule has 0 atom stereocenters. The molecule has 128 valence electrons. The molecule has 1 aliphatic rings. The Hall–Kier alpha value is -2.51. The Morgan fingerprint density at radius 1 is 1.04 bits per heavy atom. The summed E-state index contributed by atoms with van der Waals surface area (Å²) in [5, 5.41) is 0.232. The molecule has 1 fully saturated rings. The van der Waals surface area contributed by atoms with Crippen LogP contribution in [0.4, 0.5) is 13.2 Å². The molecular formula is C16H15F3N2O3. The van der Waals surface area contributed by atoms with Crippen molar-refractivity contribution in [2.45, 2.75) is 13.1 Å². The summed E-state index contributed by atoms with van der Waals surface area (Å²) in [6, 6.07) is 4.42. The summed E-state index contributed by atoms with van der Waals surface area (Å²) >= 11 is 0. The van der Waals surface area contributed by atoms with E-state index >= 15 is 0 Å². The lowest BCUT2D eigenvalue weighted by Gasteiger charge is -2.33. The van der Waals surface area contributed by atoms with Gasteiger partial charge in [-0.1, -0.05) is 0 Å². The van der Waals surface area contributed by atoms with Gasteiger partial charge >= 0.3 is 6.18 Å². The predicted molar refractivity (Wildman–Crippen MR) is 79.4 cm³/mol. The van der Waals surface area contributed by atoms with Crippen molar-refractivity contribution in [2.75, 3.05) is 26.2 Å². The molecule has 0 radical (unpaired) electrons. The van der Waals surface area contributed by atoms with Gasteiger partial charge in [-0.05, 0) is 24.3 Å². The number of halogens is 3. The molecule has 1 aromatic heterocycles. The van der Waals surface area contributed by atoms with Crippen molar-refractivity contribution in [2.24, 2.45) is 0 Å². The number of hydrogen-bond acceptors (Lipinski definition) is 3. The van der Waals surface area contributed by atoms with Crippen molar-refractivity contribution >= 4 is 22.8 Å². The molecule has 0 N–H and O–H groups in total. The number of amides is 2. The minimum absolute atomic E-state index is 0.000555. The van der Waals surface area contributed by atoms with Crippen LogP contribution in [0.3, 0.4) is 0 Å². The maximum Gasteiger partial charge on any atom is 0.416 e. The molecule has 24 heavy (non-hydrogen) atoms. The predicted octanol–water partition coefficient (Wildman–Crippen LogP) is 2.76. The number of hydrogen-bond donors (Lipinski definition) is 0. The third-order valence-corrected chi connectivity index (χ3v) is 4.07. The maximum atomic E-state index is 12.7. The maximum absolute atomic E-state index is 12.7. The Balaban J connectivity index is 1.80. The summed E-state index contributed by atoms with van der Waals surface area (Å²) < 4.78 is 43.6. The number of piperazine rings is 1. The molecule has 1 aromatic carbocycles. The normalized spacial score (nSPS) is 15.8. The van der Waals surface area contributed by atoms with Crippen LogP contribution in [0.25, 0.3) is 11.0 Å². The van der Waals surface area contributed by atoms with Crippen LogP contribution in [0.15, 0.2) is 28.7 Å². The monoisotopic (exact) mass is 340 g/mol. The lowest BCUT2D eigenvalue weighted by Crippen LogP contribution is -2.50. The van der Waals surface area contributed by atoms with E-state index in [0.29, 0.717) is 26.2 Å². The van der Waals surface area contributed by atoms with Crippen LogP contribution in [0.2, 0.25) is 0 Å². The highest BCUT2D eigenvalue weighted by Crippen LogP contribution is 2.32. The topological polar surface area (TPSA) is 53.8 Å². The molecule has 1 aliphatic heterocycles. The number of carbonyl (C=O) groups is 2. The van der Waals surface area contributed by atoms with E-state index in [1.807, 2.05) is 0 Å². The van der Waals surface area contributed by atoms with Gasteiger partial charge in [0, 0.05) is 38.5 Å². The number of benzene rings is 1. The molecular weight excluding hydrogens is 325 g/mol. The Kier molecular flexibility index (Phi) is 3.98. The van der Waals surface area contributed by atoms with E-state index in [9.17, 15) is 22.8 Å². The Morgan fingerprint density at radius 2 is 1.67 bits per heavy atom. The summed E-state index contributed by atoms with van der Waals surface area (Å²) in [4.78, 5) is 26.9. The minimum atomic E-state index is -4.45. The van der Waals surface area contributed by atoms with E-state index in [-0.39, 0.29) is 28.5 Å². The van der Waals surface area contributed by atoms with Gasteiger partial charge in [-0.25, -0.2) is 0 Å². The molecule has 0 spiro atoms. The van der Waals surface area contributed by atoms with Crippen molar-refractivity contribution in [3.8, 4) is 0 Å². The number of alkyl halides is 3. The van der Waals surface area contributed by atoms with Gasteiger partial charge in [-0.15, -0.1) is 0 Å². The molecule has 1 saturated heterocycles. The van der Waals surface area contributed by atoms with Gasteiger partial charge in [0.05, 0.1) is 5.56 Å². The Labute approximate surface area is 135 Å². The molecule has 0 saturated carbocycles. The summed E-state index contributed by atoms with van der Waals surface area (Å²) in [6.07, 6.45) is -4.45. The highest BCUT2D eigenvalue weighted by atomic mass is 19.4. The largest absolute Gasteiger partial charge is 0.451 e. The van der Waals surface area contributed by atoms with Crippen LogP contribution in [-0.4, -0.2) is 47.8 Å². The SMILES string of the molecule is CC(=O)N1CCN(C(=O)c2cc3cc(C(F)(F)F)ccc3o2)CC1. The van der Waals surface area contributed by atoms with Gasteiger partial charge in [0.25, 0.3) is 5.91 Å². The number of furan rings is 1. The van der Waals surface area contributed by atoms with Crippen molar-refractivity contribution in [1.29, 1.82) is 0 Å². The first-order valence-corrected chi connectivity index (χ1v) is 7.41. The zero-order valence-corrected chi connectivity index (χ0v) is 12.9. The molecule has 8 heteroatoms. The molecule has 2 amide bonds. The summed E-state index contributed by atoms with van der Waals surface area (Å²) in [6.45, 7) is 3.06. The molecule has 0 unspecified atom stereocenters. The summed E-state index contributed by atoms with van der Waals surface area (Å²) in [5.41, 5.74) is -0.557. The van der Waals surface area contributed by atoms with E-state index in [4.69, 9.17) is 4.42 Å². The van der Waals surface area contributed by atoms with Gasteiger partial charge < -0.3 is 14.2 Å². The van der Waals surface area contributed by atoms with Crippen LogP contribution in [-0.2, 0) is 11.0 Å². The van der Waals surface area contributed by atoms with E-state index < -0.39 is 11.7 Å². The van der Waals surface area contributed by atoms with Gasteiger partial charge in [0.1, 0.15) is 5.58 Å². The molecule has 5 nitrogen and oxygen atoms in total. The fraction of sp³-hybridized carbons (Fsp3) is 0.375. The fourth-order valence-corrected chi connectivity index (χ4v) is 2.71. The number of carbonyl (C=O) groups excluding carboxylic acids is 2. The Morgan fingerprint density at radius 3 is 2.25 bits per heavy atom. The van der Waals surface area contributed by atoms with E-state index in [2.05, 4.69) is 0 Å². The van der Waals surface area contributed by atoms with Crippen LogP contribution in [0.5, 0.6) is 0 Å². The average Bonchev–Trinajstić information content (AvgIpc) is 2.96. The summed E-state index contributed by atoms with van der Waals surface area (Å²) in [5.74, 6) is -0.436. The highest BCUT2D eigenvalue weighted by Gasteiger charge is 2.31. The fourth-order valence-electron chi connectivity index (χ4n) is 2.71. The van der Waals surface area contributed by atoms with Gasteiger partial charge in [0.2, 0.25) is 5.91 Å². The lowest BCUT2D eigenvalue weighted by molar-refractivity contribution is -0.137. The molecule has 0 bridgehead atoms. The number of nitrogens with zero attached hydrogens (tertiary/aromatic N) is 2. The van der Waals surface area contributed by atoms with Crippen molar-refractivity contribution in [3.63, 3.8) is 0 Å². The Bertz CT molecular complexity index is 789. The average molecular weight is 340 g/mol. The first kappa shape index (κ1) is 16.4. The molecule has 0 aliphatic carbocycles. The van der Waals surface area contributed by atoms with Crippen LogP contribution < -0.4 is 0 Å². The van der Waals surface area contributed by atoms with Crippen LogP contribution >= 0.6 is 0 Å². The standard InChI is InChI=1S/C16H15F3N2O3/c1-10(22)20-4-6-21(7-5-20)15(23)14-9-11-8-12(16(17,18)19)2-3-13(11)24-14/h2-3,8-9H,4-7H2,1H3.